The van der Waals surface area contributed by atoms with Gasteiger partial charge in [-0.15, -0.1) is 0 Å². The summed E-state index contributed by atoms with van der Waals surface area (Å²) in [5, 5.41) is 12.6. The summed E-state index contributed by atoms with van der Waals surface area (Å²) < 4.78 is 13.4. The standard InChI is InChI=1S/C17H13FN4/c18-14-5-6-16-15(9-14)17(22-11-21-16)20-8-7-12-1-3-13(10-19)4-2-12/h1-6,9,11H,7-8H2,(H,20,21,22). The first kappa shape index (κ1) is 14.0. The molecule has 0 spiro atoms. The molecule has 0 atom stereocenters. The number of aromatic nitrogens is 2. The molecule has 1 N–H and O–H groups in total. The second-order valence-corrected chi connectivity index (χ2v) is 4.87. The number of nitriles is 1. The molecule has 0 aliphatic rings. The van der Waals surface area contributed by atoms with Crippen molar-refractivity contribution in [1.29, 1.82) is 5.26 Å². The number of nitrogens with zero attached hydrogens (tertiary/aromatic N) is 3. The van der Waals surface area contributed by atoms with Crippen LogP contribution in [-0.4, -0.2) is 16.5 Å². The Kier molecular flexibility index (Phi) is 3.92. The van der Waals surface area contributed by atoms with Gasteiger partial charge in [0.15, 0.2) is 0 Å². The third-order valence-corrected chi connectivity index (χ3v) is 3.39. The first-order valence-electron chi connectivity index (χ1n) is 6.89. The number of anilines is 1. The van der Waals surface area contributed by atoms with Crippen LogP contribution in [0.25, 0.3) is 10.9 Å². The Hall–Kier alpha value is -3.00. The molecule has 0 fully saturated rings. The summed E-state index contributed by atoms with van der Waals surface area (Å²) in [7, 11) is 0. The molecule has 22 heavy (non-hydrogen) atoms. The number of hydrogen-bond donors (Lipinski definition) is 1. The highest BCUT2D eigenvalue weighted by Gasteiger charge is 2.04. The van der Waals surface area contributed by atoms with Gasteiger partial charge < -0.3 is 5.32 Å². The predicted molar refractivity (Wildman–Crippen MR) is 82.8 cm³/mol. The van der Waals surface area contributed by atoms with Gasteiger partial charge in [-0.25, -0.2) is 14.4 Å². The molecule has 0 amide bonds. The van der Waals surface area contributed by atoms with E-state index in [1.807, 2.05) is 12.1 Å². The summed E-state index contributed by atoms with van der Waals surface area (Å²) in [6, 6.07) is 14.0. The number of halogens is 1. The zero-order valence-corrected chi connectivity index (χ0v) is 11.8. The van der Waals surface area contributed by atoms with E-state index in [-0.39, 0.29) is 5.82 Å². The molecule has 0 radical (unpaired) electrons. The average molecular weight is 292 g/mol. The van der Waals surface area contributed by atoms with Crippen LogP contribution in [0.2, 0.25) is 0 Å². The minimum atomic E-state index is -0.308. The van der Waals surface area contributed by atoms with Crippen LogP contribution in [0.5, 0.6) is 0 Å². The lowest BCUT2D eigenvalue weighted by Gasteiger charge is -2.08. The van der Waals surface area contributed by atoms with Gasteiger partial charge in [-0.2, -0.15) is 5.26 Å². The molecule has 0 bridgehead atoms. The maximum absolute atomic E-state index is 13.4. The van der Waals surface area contributed by atoms with E-state index in [9.17, 15) is 4.39 Å². The van der Waals surface area contributed by atoms with Crippen molar-refractivity contribution in [2.75, 3.05) is 11.9 Å². The van der Waals surface area contributed by atoms with Crippen molar-refractivity contribution in [3.8, 4) is 6.07 Å². The first-order valence-corrected chi connectivity index (χ1v) is 6.89. The zero-order valence-electron chi connectivity index (χ0n) is 11.8. The van der Waals surface area contributed by atoms with E-state index in [2.05, 4.69) is 21.4 Å². The van der Waals surface area contributed by atoms with Gasteiger partial charge in [0.25, 0.3) is 0 Å². The topological polar surface area (TPSA) is 61.6 Å². The highest BCUT2D eigenvalue weighted by molar-refractivity contribution is 5.88. The largest absolute Gasteiger partial charge is 0.369 e. The Morgan fingerprint density at radius 2 is 1.91 bits per heavy atom. The molecule has 5 heteroatoms. The van der Waals surface area contributed by atoms with Gasteiger partial charge in [-0.05, 0) is 42.3 Å². The van der Waals surface area contributed by atoms with Crippen molar-refractivity contribution in [2.45, 2.75) is 6.42 Å². The molecule has 0 aliphatic carbocycles. The monoisotopic (exact) mass is 292 g/mol. The van der Waals surface area contributed by atoms with Crippen molar-refractivity contribution in [2.24, 2.45) is 0 Å². The van der Waals surface area contributed by atoms with Crippen LogP contribution in [0.4, 0.5) is 10.2 Å². The van der Waals surface area contributed by atoms with Gasteiger partial charge in [-0.1, -0.05) is 12.1 Å². The fraction of sp³-hybridized carbons (Fsp3) is 0.118. The summed E-state index contributed by atoms with van der Waals surface area (Å²) in [5.74, 6) is 0.315. The SMILES string of the molecule is N#Cc1ccc(CCNc2ncnc3ccc(F)cc23)cc1. The van der Waals surface area contributed by atoms with Crippen LogP contribution in [0, 0.1) is 17.1 Å². The van der Waals surface area contributed by atoms with Crippen molar-refractivity contribution in [3.05, 3.63) is 65.7 Å². The zero-order chi connectivity index (χ0) is 15.4. The van der Waals surface area contributed by atoms with E-state index in [4.69, 9.17) is 5.26 Å². The van der Waals surface area contributed by atoms with Gasteiger partial charge in [0.2, 0.25) is 0 Å². The Morgan fingerprint density at radius 3 is 2.68 bits per heavy atom. The van der Waals surface area contributed by atoms with Crippen molar-refractivity contribution in [3.63, 3.8) is 0 Å². The van der Waals surface area contributed by atoms with Gasteiger partial charge in [0.1, 0.15) is 18.0 Å². The Balaban J connectivity index is 1.71. The van der Waals surface area contributed by atoms with Crippen LogP contribution in [-0.2, 0) is 6.42 Å². The molecule has 0 saturated carbocycles. The number of nitrogens with one attached hydrogen (secondary N) is 1. The maximum Gasteiger partial charge on any atom is 0.137 e. The van der Waals surface area contributed by atoms with Crippen molar-refractivity contribution in [1.82, 2.24) is 9.97 Å². The van der Waals surface area contributed by atoms with E-state index in [0.717, 1.165) is 12.0 Å². The van der Waals surface area contributed by atoms with Gasteiger partial charge >= 0.3 is 0 Å². The maximum atomic E-state index is 13.4. The second-order valence-electron chi connectivity index (χ2n) is 4.87. The van der Waals surface area contributed by atoms with Gasteiger partial charge in [0, 0.05) is 11.9 Å². The van der Waals surface area contributed by atoms with Crippen LogP contribution >= 0.6 is 0 Å². The molecule has 3 aromatic rings. The number of fused-ring (bicyclic) bond motifs is 1. The summed E-state index contributed by atoms with van der Waals surface area (Å²) in [5.41, 5.74) is 2.47. The average Bonchev–Trinajstić information content (AvgIpc) is 2.56. The normalized spacial score (nSPS) is 10.4. The fourth-order valence-corrected chi connectivity index (χ4v) is 2.24. The molecule has 0 saturated heterocycles. The summed E-state index contributed by atoms with van der Waals surface area (Å²) >= 11 is 0. The molecule has 3 rings (SSSR count). The summed E-state index contributed by atoms with van der Waals surface area (Å²) in [6.07, 6.45) is 2.25. The highest BCUT2D eigenvalue weighted by Crippen LogP contribution is 2.20. The highest BCUT2D eigenvalue weighted by atomic mass is 19.1. The number of hydrogen-bond acceptors (Lipinski definition) is 4. The Labute approximate surface area is 127 Å². The first-order chi connectivity index (χ1) is 10.8. The third kappa shape index (κ3) is 3.01. The Morgan fingerprint density at radius 1 is 1.09 bits per heavy atom. The minimum absolute atomic E-state index is 0.308. The summed E-state index contributed by atoms with van der Waals surface area (Å²) in [4.78, 5) is 8.29. The van der Waals surface area contributed by atoms with E-state index in [1.54, 1.807) is 18.2 Å². The second kappa shape index (κ2) is 6.19. The van der Waals surface area contributed by atoms with Crippen LogP contribution < -0.4 is 5.32 Å². The number of benzene rings is 2. The molecule has 2 aromatic carbocycles. The van der Waals surface area contributed by atoms with E-state index >= 15 is 0 Å². The molecular formula is C17H13FN4. The Bertz CT molecular complexity index is 837. The van der Waals surface area contributed by atoms with Gasteiger partial charge in [-0.3, -0.25) is 0 Å². The quantitative estimate of drug-likeness (QED) is 0.801. The lowest BCUT2D eigenvalue weighted by atomic mass is 10.1. The number of rotatable bonds is 4. The fourth-order valence-electron chi connectivity index (χ4n) is 2.24. The molecule has 0 aliphatic heterocycles. The minimum Gasteiger partial charge on any atom is -0.369 e. The molecular weight excluding hydrogens is 279 g/mol. The molecule has 4 nitrogen and oxygen atoms in total. The van der Waals surface area contributed by atoms with Crippen LogP contribution in [0.3, 0.4) is 0 Å². The smallest absolute Gasteiger partial charge is 0.137 e. The van der Waals surface area contributed by atoms with Crippen LogP contribution in [0.15, 0.2) is 48.8 Å². The molecule has 0 unspecified atom stereocenters. The van der Waals surface area contributed by atoms with Crippen LogP contribution in [0.1, 0.15) is 11.1 Å². The predicted octanol–water partition coefficient (Wildman–Crippen LogP) is 3.30. The van der Waals surface area contributed by atoms with E-state index in [1.165, 1.54) is 18.5 Å². The third-order valence-electron chi connectivity index (χ3n) is 3.39. The molecule has 108 valence electrons. The summed E-state index contributed by atoms with van der Waals surface area (Å²) in [6.45, 7) is 0.661. The van der Waals surface area contributed by atoms with E-state index < -0.39 is 0 Å². The van der Waals surface area contributed by atoms with Crippen molar-refractivity contribution >= 4 is 16.7 Å². The molecule has 1 heterocycles. The van der Waals surface area contributed by atoms with E-state index in [0.29, 0.717) is 28.8 Å². The van der Waals surface area contributed by atoms with Crippen molar-refractivity contribution < 1.29 is 4.39 Å². The lowest BCUT2D eigenvalue weighted by molar-refractivity contribution is 0.629. The molecule has 1 aromatic heterocycles. The van der Waals surface area contributed by atoms with Gasteiger partial charge in [0.05, 0.1) is 17.1 Å². The lowest BCUT2D eigenvalue weighted by Crippen LogP contribution is -2.07.